The van der Waals surface area contributed by atoms with Gasteiger partial charge < -0.3 is 14.6 Å². The second kappa shape index (κ2) is 6.80. The second-order valence-corrected chi connectivity index (χ2v) is 5.56. The maximum absolute atomic E-state index is 11.1. The smallest absolute Gasteiger partial charge is 0.306 e. The fourth-order valence-corrected chi connectivity index (χ4v) is 2.88. The number of nitrogens with zero attached hydrogens (tertiary/aromatic N) is 1. The molecule has 1 aliphatic heterocycles. The fraction of sp³-hybridized carbons (Fsp3) is 0.562. The van der Waals surface area contributed by atoms with Crippen LogP contribution in [0.25, 0.3) is 0 Å². The predicted octanol–water partition coefficient (Wildman–Crippen LogP) is 2.39. The van der Waals surface area contributed by atoms with Crippen molar-refractivity contribution < 1.29 is 19.4 Å². The lowest BCUT2D eigenvalue weighted by Crippen LogP contribution is -2.42. The predicted molar refractivity (Wildman–Crippen MR) is 79.8 cm³/mol. The minimum Gasteiger partial charge on any atom is -0.497 e. The summed E-state index contributed by atoms with van der Waals surface area (Å²) in [6, 6.07) is 6.07. The molecule has 1 saturated heterocycles. The molecular formula is C16H23NO4. The third-order valence-corrected chi connectivity index (χ3v) is 4.23. The number of piperidine rings is 1. The van der Waals surface area contributed by atoms with Gasteiger partial charge in [-0.15, -0.1) is 0 Å². The van der Waals surface area contributed by atoms with E-state index < -0.39 is 5.97 Å². The van der Waals surface area contributed by atoms with Gasteiger partial charge in [0.05, 0.1) is 20.1 Å². The van der Waals surface area contributed by atoms with Gasteiger partial charge in [0.2, 0.25) is 0 Å². The largest absolute Gasteiger partial charge is 0.497 e. The zero-order chi connectivity index (χ0) is 15.4. The van der Waals surface area contributed by atoms with Crippen molar-refractivity contribution in [2.75, 3.05) is 20.8 Å². The van der Waals surface area contributed by atoms with Gasteiger partial charge in [-0.1, -0.05) is 6.07 Å². The topological polar surface area (TPSA) is 59.0 Å². The highest BCUT2D eigenvalue weighted by molar-refractivity contribution is 5.70. The van der Waals surface area contributed by atoms with E-state index in [0.29, 0.717) is 12.8 Å². The summed E-state index contributed by atoms with van der Waals surface area (Å²) in [5.74, 6) is 0.688. The van der Waals surface area contributed by atoms with Crippen LogP contribution in [0.3, 0.4) is 0 Å². The molecule has 0 aromatic heterocycles. The van der Waals surface area contributed by atoms with Crippen molar-refractivity contribution in [3.05, 3.63) is 23.8 Å². The number of hydrogen-bond donors (Lipinski definition) is 1. The first-order valence-electron chi connectivity index (χ1n) is 7.23. The summed E-state index contributed by atoms with van der Waals surface area (Å²) >= 11 is 0. The minimum absolute atomic E-state index is 0.214. The molecule has 21 heavy (non-hydrogen) atoms. The van der Waals surface area contributed by atoms with Gasteiger partial charge in [-0.05, 0) is 32.4 Å². The Morgan fingerprint density at radius 1 is 1.38 bits per heavy atom. The van der Waals surface area contributed by atoms with Crippen LogP contribution in [-0.2, 0) is 11.3 Å². The average molecular weight is 293 g/mol. The van der Waals surface area contributed by atoms with Crippen LogP contribution in [0.2, 0.25) is 0 Å². The molecule has 0 bridgehead atoms. The monoisotopic (exact) mass is 293 g/mol. The SMILES string of the molecule is COc1ccc(CN2CCC(C(=O)O)CC2C)c(OC)c1. The van der Waals surface area contributed by atoms with Crippen LogP contribution in [0.5, 0.6) is 11.5 Å². The first kappa shape index (κ1) is 15.6. The van der Waals surface area contributed by atoms with E-state index in [-0.39, 0.29) is 12.0 Å². The third kappa shape index (κ3) is 3.67. The quantitative estimate of drug-likeness (QED) is 0.903. The van der Waals surface area contributed by atoms with Gasteiger partial charge in [0, 0.05) is 24.2 Å². The average Bonchev–Trinajstić information content (AvgIpc) is 2.49. The van der Waals surface area contributed by atoms with Crippen LogP contribution in [-0.4, -0.2) is 42.8 Å². The number of carboxylic acids is 1. The number of carbonyl (C=O) groups is 1. The molecule has 1 aromatic carbocycles. The van der Waals surface area contributed by atoms with Crippen molar-refractivity contribution in [3.63, 3.8) is 0 Å². The molecule has 1 fully saturated rings. The van der Waals surface area contributed by atoms with Crippen LogP contribution < -0.4 is 9.47 Å². The van der Waals surface area contributed by atoms with E-state index in [0.717, 1.165) is 30.2 Å². The highest BCUT2D eigenvalue weighted by Gasteiger charge is 2.29. The molecule has 2 rings (SSSR count). The Bertz CT molecular complexity index is 503. The van der Waals surface area contributed by atoms with Gasteiger partial charge in [0.25, 0.3) is 0 Å². The van der Waals surface area contributed by atoms with Gasteiger partial charge in [0.15, 0.2) is 0 Å². The Balaban J connectivity index is 2.07. The van der Waals surface area contributed by atoms with Crippen LogP contribution in [0.1, 0.15) is 25.3 Å². The lowest BCUT2D eigenvalue weighted by atomic mass is 9.91. The van der Waals surface area contributed by atoms with E-state index in [1.54, 1.807) is 14.2 Å². The summed E-state index contributed by atoms with van der Waals surface area (Å²) in [5.41, 5.74) is 1.10. The lowest BCUT2D eigenvalue weighted by molar-refractivity contribution is -0.144. The van der Waals surface area contributed by atoms with Gasteiger partial charge in [0.1, 0.15) is 11.5 Å². The van der Waals surface area contributed by atoms with E-state index in [1.807, 2.05) is 18.2 Å². The standard InChI is InChI=1S/C16H23NO4/c1-11-8-12(16(18)19)6-7-17(11)10-13-4-5-14(20-2)9-15(13)21-3/h4-5,9,11-12H,6-8,10H2,1-3H3,(H,18,19). The van der Waals surface area contributed by atoms with E-state index in [2.05, 4.69) is 11.8 Å². The van der Waals surface area contributed by atoms with Crippen LogP contribution in [0.15, 0.2) is 18.2 Å². The summed E-state index contributed by atoms with van der Waals surface area (Å²) in [5, 5.41) is 9.12. The third-order valence-electron chi connectivity index (χ3n) is 4.23. The normalized spacial score (nSPS) is 22.8. The maximum Gasteiger partial charge on any atom is 0.306 e. The van der Waals surface area contributed by atoms with Gasteiger partial charge >= 0.3 is 5.97 Å². The Labute approximate surface area is 125 Å². The maximum atomic E-state index is 11.1. The van der Waals surface area contributed by atoms with Crippen molar-refractivity contribution in [2.24, 2.45) is 5.92 Å². The number of likely N-dealkylation sites (tertiary alicyclic amines) is 1. The molecule has 0 amide bonds. The van der Waals surface area contributed by atoms with Crippen molar-refractivity contribution in [3.8, 4) is 11.5 Å². The van der Waals surface area contributed by atoms with E-state index in [1.165, 1.54) is 0 Å². The molecule has 1 heterocycles. The van der Waals surface area contributed by atoms with Crippen LogP contribution in [0, 0.1) is 5.92 Å². The molecule has 0 radical (unpaired) electrons. The number of rotatable bonds is 5. The summed E-state index contributed by atoms with van der Waals surface area (Å²) in [4.78, 5) is 13.4. The van der Waals surface area contributed by atoms with Gasteiger partial charge in [-0.3, -0.25) is 9.69 Å². The first-order chi connectivity index (χ1) is 10.0. The Morgan fingerprint density at radius 3 is 2.71 bits per heavy atom. The zero-order valence-electron chi connectivity index (χ0n) is 12.8. The molecule has 1 aromatic rings. The summed E-state index contributed by atoms with van der Waals surface area (Å²) in [7, 11) is 3.28. The molecule has 5 heteroatoms. The number of methoxy groups -OCH3 is 2. The van der Waals surface area contributed by atoms with E-state index in [9.17, 15) is 4.79 Å². The van der Waals surface area contributed by atoms with Crippen molar-refractivity contribution in [2.45, 2.75) is 32.4 Å². The molecule has 2 atom stereocenters. The summed E-state index contributed by atoms with van der Waals surface area (Å²) in [6.07, 6.45) is 1.41. The van der Waals surface area contributed by atoms with Crippen LogP contribution >= 0.6 is 0 Å². The molecular weight excluding hydrogens is 270 g/mol. The van der Waals surface area contributed by atoms with Crippen molar-refractivity contribution in [1.82, 2.24) is 4.90 Å². The molecule has 0 aliphatic carbocycles. The minimum atomic E-state index is -0.677. The van der Waals surface area contributed by atoms with E-state index in [4.69, 9.17) is 14.6 Å². The molecule has 1 aliphatic rings. The molecule has 116 valence electrons. The molecule has 0 spiro atoms. The number of carboxylic acid groups (broad SMARTS) is 1. The Kier molecular flexibility index (Phi) is 5.07. The number of aliphatic carboxylic acids is 1. The summed E-state index contributed by atoms with van der Waals surface area (Å²) in [6.45, 7) is 3.65. The molecule has 5 nitrogen and oxygen atoms in total. The summed E-state index contributed by atoms with van der Waals surface area (Å²) < 4.78 is 10.6. The van der Waals surface area contributed by atoms with Crippen LogP contribution in [0.4, 0.5) is 0 Å². The molecule has 2 unspecified atom stereocenters. The fourth-order valence-electron chi connectivity index (χ4n) is 2.88. The Hall–Kier alpha value is -1.75. The van der Waals surface area contributed by atoms with Gasteiger partial charge in [-0.25, -0.2) is 0 Å². The number of hydrogen-bond acceptors (Lipinski definition) is 4. The number of benzene rings is 1. The van der Waals surface area contributed by atoms with Gasteiger partial charge in [-0.2, -0.15) is 0 Å². The molecule has 1 N–H and O–H groups in total. The first-order valence-corrected chi connectivity index (χ1v) is 7.23. The highest BCUT2D eigenvalue weighted by atomic mass is 16.5. The second-order valence-electron chi connectivity index (χ2n) is 5.56. The zero-order valence-corrected chi connectivity index (χ0v) is 12.8. The Morgan fingerprint density at radius 2 is 2.14 bits per heavy atom. The number of ether oxygens (including phenoxy) is 2. The van der Waals surface area contributed by atoms with E-state index >= 15 is 0 Å². The van der Waals surface area contributed by atoms with Crippen molar-refractivity contribution >= 4 is 5.97 Å². The molecule has 0 saturated carbocycles. The highest BCUT2D eigenvalue weighted by Crippen LogP contribution is 2.29. The lowest BCUT2D eigenvalue weighted by Gasteiger charge is -2.36. The van der Waals surface area contributed by atoms with Crippen molar-refractivity contribution in [1.29, 1.82) is 0 Å².